The van der Waals surface area contributed by atoms with E-state index in [1.807, 2.05) is 67.6 Å². The number of ether oxygens (including phenoxy) is 1. The first kappa shape index (κ1) is 13.9. The molecule has 20 heavy (non-hydrogen) atoms. The van der Waals surface area contributed by atoms with E-state index in [2.05, 4.69) is 10.6 Å². The van der Waals surface area contributed by atoms with Crippen LogP contribution in [0.4, 0.5) is 10.5 Å². The maximum Gasteiger partial charge on any atom is 0.319 e. The minimum atomic E-state index is -0.236. The number of benzene rings is 2. The molecule has 0 aliphatic carbocycles. The number of carbonyl (C=O) groups is 1. The number of carbonyl (C=O) groups excluding carboxylic acids is 1. The first-order chi connectivity index (χ1) is 9.74. The van der Waals surface area contributed by atoms with Gasteiger partial charge in [0, 0.05) is 5.69 Å². The molecule has 2 aromatic rings. The lowest BCUT2D eigenvalue weighted by atomic mass is 10.3. The van der Waals surface area contributed by atoms with Gasteiger partial charge in [0.05, 0.1) is 6.04 Å². The quantitative estimate of drug-likeness (QED) is 0.876. The van der Waals surface area contributed by atoms with E-state index >= 15 is 0 Å². The van der Waals surface area contributed by atoms with Crippen LogP contribution in [-0.4, -0.2) is 18.7 Å². The van der Waals surface area contributed by atoms with Gasteiger partial charge < -0.3 is 15.4 Å². The molecule has 0 bridgehead atoms. The fourth-order valence-electron chi connectivity index (χ4n) is 1.69. The molecular formula is C16H18N2O2. The van der Waals surface area contributed by atoms with E-state index in [1.165, 1.54) is 0 Å². The first-order valence-corrected chi connectivity index (χ1v) is 6.54. The van der Waals surface area contributed by atoms with Crippen LogP contribution >= 0.6 is 0 Å². The van der Waals surface area contributed by atoms with Gasteiger partial charge in [0.15, 0.2) is 0 Å². The number of hydrogen-bond donors (Lipinski definition) is 2. The summed E-state index contributed by atoms with van der Waals surface area (Å²) in [5.74, 6) is 0.796. The highest BCUT2D eigenvalue weighted by molar-refractivity contribution is 5.89. The van der Waals surface area contributed by atoms with E-state index in [4.69, 9.17) is 4.74 Å². The lowest BCUT2D eigenvalue weighted by molar-refractivity contribution is 0.236. The minimum Gasteiger partial charge on any atom is -0.491 e. The smallest absolute Gasteiger partial charge is 0.319 e. The van der Waals surface area contributed by atoms with Crippen LogP contribution in [0.5, 0.6) is 5.75 Å². The monoisotopic (exact) mass is 270 g/mol. The van der Waals surface area contributed by atoms with E-state index < -0.39 is 0 Å². The largest absolute Gasteiger partial charge is 0.491 e. The SMILES string of the molecule is C[C@@H](COc1ccccc1)NC(=O)Nc1ccccc1. The summed E-state index contributed by atoms with van der Waals surface area (Å²) in [4.78, 5) is 11.8. The van der Waals surface area contributed by atoms with Gasteiger partial charge in [-0.3, -0.25) is 0 Å². The molecule has 0 aromatic heterocycles. The zero-order chi connectivity index (χ0) is 14.2. The summed E-state index contributed by atoms with van der Waals surface area (Å²) in [6, 6.07) is 18.5. The molecule has 0 aliphatic heterocycles. The second-order valence-corrected chi connectivity index (χ2v) is 4.49. The third-order valence-electron chi connectivity index (χ3n) is 2.65. The maximum absolute atomic E-state index is 11.8. The number of nitrogens with one attached hydrogen (secondary N) is 2. The van der Waals surface area contributed by atoms with Crippen LogP contribution in [0.2, 0.25) is 0 Å². The van der Waals surface area contributed by atoms with Crippen molar-refractivity contribution in [2.24, 2.45) is 0 Å². The molecular weight excluding hydrogens is 252 g/mol. The lowest BCUT2D eigenvalue weighted by Gasteiger charge is -2.15. The molecule has 4 heteroatoms. The fourth-order valence-corrected chi connectivity index (χ4v) is 1.69. The summed E-state index contributed by atoms with van der Waals surface area (Å²) in [6.07, 6.45) is 0. The Morgan fingerprint density at radius 2 is 1.65 bits per heavy atom. The Morgan fingerprint density at radius 1 is 1.05 bits per heavy atom. The van der Waals surface area contributed by atoms with Crippen LogP contribution < -0.4 is 15.4 Å². The van der Waals surface area contributed by atoms with E-state index in [9.17, 15) is 4.79 Å². The molecule has 0 radical (unpaired) electrons. The number of rotatable bonds is 5. The second kappa shape index (κ2) is 7.19. The number of anilines is 1. The Bertz CT molecular complexity index is 529. The van der Waals surface area contributed by atoms with Crippen molar-refractivity contribution in [3.8, 4) is 5.75 Å². The number of para-hydroxylation sites is 2. The summed E-state index contributed by atoms with van der Waals surface area (Å²) in [5.41, 5.74) is 0.765. The Hall–Kier alpha value is -2.49. The van der Waals surface area contributed by atoms with Gasteiger partial charge in [0.25, 0.3) is 0 Å². The molecule has 2 rings (SSSR count). The first-order valence-electron chi connectivity index (χ1n) is 6.54. The minimum absolute atomic E-state index is 0.0843. The van der Waals surface area contributed by atoms with Crippen LogP contribution in [0.3, 0.4) is 0 Å². The van der Waals surface area contributed by atoms with Crippen molar-refractivity contribution >= 4 is 11.7 Å². The average Bonchev–Trinajstić information content (AvgIpc) is 2.47. The lowest BCUT2D eigenvalue weighted by Crippen LogP contribution is -2.39. The van der Waals surface area contributed by atoms with Crippen molar-refractivity contribution in [1.82, 2.24) is 5.32 Å². The molecule has 0 heterocycles. The van der Waals surface area contributed by atoms with Crippen molar-refractivity contribution < 1.29 is 9.53 Å². The van der Waals surface area contributed by atoms with Gasteiger partial charge in [-0.1, -0.05) is 36.4 Å². The van der Waals surface area contributed by atoms with Crippen molar-refractivity contribution in [2.75, 3.05) is 11.9 Å². The summed E-state index contributed by atoms with van der Waals surface area (Å²) in [5, 5.41) is 5.59. The third-order valence-corrected chi connectivity index (χ3v) is 2.65. The molecule has 0 unspecified atom stereocenters. The highest BCUT2D eigenvalue weighted by Crippen LogP contribution is 2.08. The van der Waals surface area contributed by atoms with Gasteiger partial charge in [-0.15, -0.1) is 0 Å². The van der Waals surface area contributed by atoms with Crippen LogP contribution in [0, 0.1) is 0 Å². The molecule has 0 saturated heterocycles. The summed E-state index contributed by atoms with van der Waals surface area (Å²) in [6.45, 7) is 2.32. The molecule has 1 atom stereocenters. The molecule has 2 N–H and O–H groups in total. The Morgan fingerprint density at radius 3 is 2.30 bits per heavy atom. The van der Waals surface area contributed by atoms with Gasteiger partial charge >= 0.3 is 6.03 Å². The van der Waals surface area contributed by atoms with Crippen LogP contribution in [-0.2, 0) is 0 Å². The van der Waals surface area contributed by atoms with E-state index in [0.29, 0.717) is 6.61 Å². The third kappa shape index (κ3) is 4.65. The molecule has 2 aromatic carbocycles. The van der Waals surface area contributed by atoms with Crippen molar-refractivity contribution in [1.29, 1.82) is 0 Å². The van der Waals surface area contributed by atoms with Gasteiger partial charge in [0.1, 0.15) is 12.4 Å². The molecule has 0 fully saturated rings. The fraction of sp³-hybridized carbons (Fsp3) is 0.188. The highest BCUT2D eigenvalue weighted by atomic mass is 16.5. The number of hydrogen-bond acceptors (Lipinski definition) is 2. The topological polar surface area (TPSA) is 50.4 Å². The van der Waals surface area contributed by atoms with Crippen LogP contribution in [0.25, 0.3) is 0 Å². The molecule has 0 saturated carbocycles. The standard InChI is InChI=1S/C16H18N2O2/c1-13(12-20-15-10-6-3-7-11-15)17-16(19)18-14-8-4-2-5-9-14/h2-11,13H,12H2,1H3,(H2,17,18,19)/t13-/m0/s1. The van der Waals surface area contributed by atoms with Crippen molar-refractivity contribution in [3.05, 3.63) is 60.7 Å². The number of amides is 2. The predicted octanol–water partition coefficient (Wildman–Crippen LogP) is 3.28. The molecule has 104 valence electrons. The Balaban J connectivity index is 1.74. The predicted molar refractivity (Wildman–Crippen MR) is 80.0 cm³/mol. The maximum atomic E-state index is 11.8. The Kier molecular flexibility index (Phi) is 5.00. The van der Waals surface area contributed by atoms with Crippen molar-refractivity contribution in [2.45, 2.75) is 13.0 Å². The molecule has 0 spiro atoms. The Labute approximate surface area is 118 Å². The highest BCUT2D eigenvalue weighted by Gasteiger charge is 2.07. The van der Waals surface area contributed by atoms with Gasteiger partial charge in [-0.2, -0.15) is 0 Å². The van der Waals surface area contributed by atoms with Gasteiger partial charge in [0.2, 0.25) is 0 Å². The molecule has 0 aliphatic rings. The summed E-state index contributed by atoms with van der Waals surface area (Å²) in [7, 11) is 0. The zero-order valence-corrected chi connectivity index (χ0v) is 11.4. The zero-order valence-electron chi connectivity index (χ0n) is 11.4. The molecule has 2 amide bonds. The van der Waals surface area contributed by atoms with Gasteiger partial charge in [-0.25, -0.2) is 4.79 Å². The molecule has 4 nitrogen and oxygen atoms in total. The van der Waals surface area contributed by atoms with E-state index in [-0.39, 0.29) is 12.1 Å². The van der Waals surface area contributed by atoms with E-state index in [0.717, 1.165) is 11.4 Å². The average molecular weight is 270 g/mol. The number of urea groups is 1. The van der Waals surface area contributed by atoms with Crippen molar-refractivity contribution in [3.63, 3.8) is 0 Å². The summed E-state index contributed by atoms with van der Waals surface area (Å²) >= 11 is 0. The normalized spacial score (nSPS) is 11.4. The van der Waals surface area contributed by atoms with E-state index in [1.54, 1.807) is 0 Å². The second-order valence-electron chi connectivity index (χ2n) is 4.49. The van der Waals surface area contributed by atoms with Crippen LogP contribution in [0.15, 0.2) is 60.7 Å². The van der Waals surface area contributed by atoms with Gasteiger partial charge in [-0.05, 0) is 31.2 Å². The van der Waals surface area contributed by atoms with Crippen LogP contribution in [0.1, 0.15) is 6.92 Å². The summed E-state index contributed by atoms with van der Waals surface area (Å²) < 4.78 is 5.58.